The molecule has 11 heteroatoms. The molecule has 0 saturated heterocycles. The van der Waals surface area contributed by atoms with Gasteiger partial charge in [-0.3, -0.25) is 9.36 Å². The van der Waals surface area contributed by atoms with E-state index in [4.69, 9.17) is 21.1 Å². The Hall–Kier alpha value is -3.86. The summed E-state index contributed by atoms with van der Waals surface area (Å²) in [6.45, 7) is 2.63. The molecule has 1 N–H and O–H groups in total. The first kappa shape index (κ1) is 25.4. The van der Waals surface area contributed by atoms with Crippen molar-refractivity contribution in [3.05, 3.63) is 99.0 Å². The predicted octanol–water partition coefficient (Wildman–Crippen LogP) is 6.30. The topological polar surface area (TPSA) is 91.2 Å². The Balaban J connectivity index is 1.16. The number of halogens is 1. The molecule has 0 bridgehead atoms. The van der Waals surface area contributed by atoms with Gasteiger partial charge in [-0.25, -0.2) is 4.98 Å². The highest BCUT2D eigenvalue weighted by Gasteiger charge is 2.19. The smallest absolute Gasteiger partial charge is 0.271 e. The quantitative estimate of drug-likeness (QED) is 0.217. The first-order chi connectivity index (χ1) is 19.0. The highest BCUT2D eigenvalue weighted by molar-refractivity contribution is 7.98. The van der Waals surface area contributed by atoms with Crippen LogP contribution < -0.4 is 14.8 Å². The minimum Gasteiger partial charge on any atom is -0.454 e. The number of benzene rings is 3. The van der Waals surface area contributed by atoms with Crippen molar-refractivity contribution < 1.29 is 14.3 Å². The minimum absolute atomic E-state index is 0.216. The Kier molecular flexibility index (Phi) is 7.23. The zero-order chi connectivity index (χ0) is 26.8. The van der Waals surface area contributed by atoms with E-state index in [-0.39, 0.29) is 12.7 Å². The lowest BCUT2D eigenvalue weighted by atomic mass is 10.2. The van der Waals surface area contributed by atoms with Gasteiger partial charge in [-0.2, -0.15) is 0 Å². The number of carbonyl (C=O) groups is 1. The van der Waals surface area contributed by atoms with E-state index in [0.717, 1.165) is 27.4 Å². The average molecular weight is 576 g/mol. The zero-order valence-corrected chi connectivity index (χ0v) is 23.1. The van der Waals surface area contributed by atoms with Crippen LogP contribution in [0.4, 0.5) is 0 Å². The summed E-state index contributed by atoms with van der Waals surface area (Å²) in [7, 11) is 0. The number of nitrogens with zero attached hydrogens (tertiary/aromatic N) is 4. The van der Waals surface area contributed by atoms with Crippen molar-refractivity contribution in [3.8, 4) is 28.6 Å². The van der Waals surface area contributed by atoms with Crippen LogP contribution in [0.3, 0.4) is 0 Å². The first-order valence-electron chi connectivity index (χ1n) is 12.1. The molecule has 39 heavy (non-hydrogen) atoms. The van der Waals surface area contributed by atoms with Gasteiger partial charge in [0.2, 0.25) is 6.79 Å². The number of nitrogens with one attached hydrogen (secondary N) is 1. The maximum atomic E-state index is 12.7. The van der Waals surface area contributed by atoms with Crippen LogP contribution in [0.1, 0.15) is 26.6 Å². The molecule has 1 aliphatic rings. The van der Waals surface area contributed by atoms with Crippen LogP contribution in [0, 0.1) is 6.92 Å². The van der Waals surface area contributed by atoms with Gasteiger partial charge < -0.3 is 14.8 Å². The summed E-state index contributed by atoms with van der Waals surface area (Å²) >= 11 is 9.44. The molecule has 1 amide bonds. The minimum atomic E-state index is -0.232. The molecule has 8 nitrogen and oxygen atoms in total. The average Bonchev–Trinajstić information content (AvgIpc) is 3.71. The van der Waals surface area contributed by atoms with Gasteiger partial charge in [0.1, 0.15) is 10.7 Å². The largest absolute Gasteiger partial charge is 0.454 e. The number of amides is 1. The lowest BCUT2D eigenvalue weighted by Crippen LogP contribution is -2.23. The summed E-state index contributed by atoms with van der Waals surface area (Å²) in [5.41, 5.74) is 4.20. The van der Waals surface area contributed by atoms with Crippen LogP contribution in [0.5, 0.6) is 11.5 Å². The number of fused-ring (bicyclic) bond motifs is 1. The van der Waals surface area contributed by atoms with Gasteiger partial charge in [-0.1, -0.05) is 59.3 Å². The number of hydrogen-bond acceptors (Lipinski definition) is 8. The number of carbonyl (C=O) groups excluding carboxylic acids is 1. The SMILES string of the molecule is Cc1ccc(-n2c(SCc3nc(C(=O)NCc4ccc5c(c4)OCO5)cs3)nnc2-c2ccccc2Cl)cc1. The van der Waals surface area contributed by atoms with E-state index in [1.165, 1.54) is 23.1 Å². The molecule has 0 radical (unpaired) electrons. The van der Waals surface area contributed by atoms with Crippen molar-refractivity contribution in [2.45, 2.75) is 24.4 Å². The van der Waals surface area contributed by atoms with Crippen LogP contribution >= 0.6 is 34.7 Å². The van der Waals surface area contributed by atoms with Crippen molar-refractivity contribution in [1.29, 1.82) is 0 Å². The van der Waals surface area contributed by atoms with Gasteiger partial charge in [-0.15, -0.1) is 21.5 Å². The highest BCUT2D eigenvalue weighted by Crippen LogP contribution is 2.34. The summed E-state index contributed by atoms with van der Waals surface area (Å²) in [5, 5.41) is 15.8. The number of aromatic nitrogens is 4. The van der Waals surface area contributed by atoms with E-state index in [1.54, 1.807) is 5.38 Å². The van der Waals surface area contributed by atoms with Gasteiger partial charge in [-0.05, 0) is 48.9 Å². The van der Waals surface area contributed by atoms with E-state index >= 15 is 0 Å². The molecule has 0 saturated carbocycles. The van der Waals surface area contributed by atoms with Crippen molar-refractivity contribution in [3.63, 3.8) is 0 Å². The van der Waals surface area contributed by atoms with E-state index in [2.05, 4.69) is 32.6 Å². The molecule has 196 valence electrons. The van der Waals surface area contributed by atoms with Crippen molar-refractivity contribution in [2.75, 3.05) is 6.79 Å². The normalized spacial score (nSPS) is 12.1. The second-order valence-corrected chi connectivity index (χ2v) is 11.0. The summed E-state index contributed by atoms with van der Waals surface area (Å²) in [6, 6.07) is 21.4. The van der Waals surface area contributed by atoms with Crippen LogP contribution in [-0.4, -0.2) is 32.4 Å². The van der Waals surface area contributed by atoms with E-state index in [0.29, 0.717) is 45.5 Å². The summed E-state index contributed by atoms with van der Waals surface area (Å²) in [6.07, 6.45) is 0. The fourth-order valence-electron chi connectivity index (χ4n) is 4.04. The molecule has 5 aromatic rings. The molecule has 0 spiro atoms. The molecule has 3 aromatic carbocycles. The molecular weight excluding hydrogens is 554 g/mol. The number of aryl methyl sites for hydroxylation is 1. The van der Waals surface area contributed by atoms with Gasteiger partial charge in [0.25, 0.3) is 5.91 Å². The Morgan fingerprint density at radius 1 is 1.08 bits per heavy atom. The molecule has 1 aliphatic heterocycles. The molecule has 0 unspecified atom stereocenters. The fraction of sp³-hybridized carbons (Fsp3) is 0.143. The van der Waals surface area contributed by atoms with Gasteiger partial charge >= 0.3 is 0 Å². The third-order valence-corrected chi connectivity index (χ3v) is 8.34. The van der Waals surface area contributed by atoms with Crippen LogP contribution in [0.2, 0.25) is 5.02 Å². The third-order valence-electron chi connectivity index (χ3n) is 6.04. The fourth-order valence-corrected chi connectivity index (χ4v) is 6.00. The van der Waals surface area contributed by atoms with Crippen LogP contribution in [0.25, 0.3) is 17.1 Å². The van der Waals surface area contributed by atoms with Gasteiger partial charge in [0.05, 0.1) is 10.8 Å². The van der Waals surface area contributed by atoms with Crippen molar-refractivity contribution >= 4 is 40.6 Å². The Morgan fingerprint density at radius 3 is 2.74 bits per heavy atom. The maximum absolute atomic E-state index is 12.7. The molecule has 0 fully saturated rings. The standard InChI is InChI=1S/C28H22ClN5O3S2/c1-17-6-9-19(10-7-17)34-26(20-4-2-3-5-21(20)29)32-33-28(34)39-15-25-31-22(14-38-25)27(35)30-13-18-8-11-23-24(12-18)37-16-36-23/h2-12,14H,13,15-16H2,1H3,(H,30,35). The number of thioether (sulfide) groups is 1. The molecule has 0 aliphatic carbocycles. The maximum Gasteiger partial charge on any atom is 0.271 e. The molecule has 2 aromatic heterocycles. The zero-order valence-electron chi connectivity index (χ0n) is 20.8. The summed E-state index contributed by atoms with van der Waals surface area (Å²) < 4.78 is 12.7. The van der Waals surface area contributed by atoms with Gasteiger partial charge in [0.15, 0.2) is 22.5 Å². The van der Waals surface area contributed by atoms with E-state index in [1.807, 2.05) is 66.1 Å². The lowest BCUT2D eigenvalue weighted by Gasteiger charge is -2.11. The van der Waals surface area contributed by atoms with E-state index < -0.39 is 0 Å². The molecule has 3 heterocycles. The van der Waals surface area contributed by atoms with Crippen LogP contribution in [-0.2, 0) is 12.3 Å². The molecule has 0 atom stereocenters. The van der Waals surface area contributed by atoms with E-state index in [9.17, 15) is 4.79 Å². The first-order valence-corrected chi connectivity index (χ1v) is 14.3. The predicted molar refractivity (Wildman–Crippen MR) is 152 cm³/mol. The molecule has 6 rings (SSSR count). The van der Waals surface area contributed by atoms with Crippen LogP contribution in [0.15, 0.2) is 77.3 Å². The third kappa shape index (κ3) is 5.49. The monoisotopic (exact) mass is 575 g/mol. The van der Waals surface area contributed by atoms with Gasteiger partial charge in [0, 0.05) is 23.2 Å². The number of thiazole rings is 1. The number of rotatable bonds is 8. The lowest BCUT2D eigenvalue weighted by molar-refractivity contribution is 0.0946. The van der Waals surface area contributed by atoms with Crippen molar-refractivity contribution in [2.24, 2.45) is 0 Å². The summed E-state index contributed by atoms with van der Waals surface area (Å²) in [5.74, 6) is 2.36. The Morgan fingerprint density at radius 2 is 1.90 bits per heavy atom. The highest BCUT2D eigenvalue weighted by atomic mass is 35.5. The second kappa shape index (κ2) is 11.1. The number of ether oxygens (including phenoxy) is 2. The number of hydrogen-bond donors (Lipinski definition) is 1. The Bertz CT molecular complexity index is 1650. The summed E-state index contributed by atoms with van der Waals surface area (Å²) in [4.78, 5) is 17.3. The molecular formula is C28H22ClN5O3S2. The second-order valence-electron chi connectivity index (χ2n) is 8.74. The Labute approximate surface area is 238 Å². The van der Waals surface area contributed by atoms with Crippen molar-refractivity contribution in [1.82, 2.24) is 25.1 Å².